The highest BCUT2D eigenvalue weighted by molar-refractivity contribution is 5.79. The Balaban J connectivity index is 1.16. The monoisotopic (exact) mass is 478 g/mol. The number of hydrogen-bond donors (Lipinski definition) is 3. The third-order valence-corrected chi connectivity index (χ3v) is 7.11. The third kappa shape index (κ3) is 6.21. The van der Waals surface area contributed by atoms with Gasteiger partial charge in [-0.05, 0) is 53.4 Å². The van der Waals surface area contributed by atoms with Gasteiger partial charge in [-0.25, -0.2) is 4.79 Å². The summed E-state index contributed by atoms with van der Waals surface area (Å²) in [6, 6.07) is 16.2. The highest BCUT2D eigenvalue weighted by Crippen LogP contribution is 2.44. The molecule has 7 heteroatoms. The topological polar surface area (TPSA) is 105 Å². The molecule has 186 valence electrons. The zero-order valence-electron chi connectivity index (χ0n) is 20.2. The molecular weight excluding hydrogens is 444 g/mol. The number of carboxylic acid groups (broad SMARTS) is 1. The molecule has 0 aliphatic heterocycles. The largest absolute Gasteiger partial charge is 0.481 e. The summed E-state index contributed by atoms with van der Waals surface area (Å²) in [5.41, 5.74) is 4.77. The summed E-state index contributed by atoms with van der Waals surface area (Å²) in [6.07, 6.45) is 3.17. The smallest absolute Gasteiger partial charge is 0.407 e. The van der Waals surface area contributed by atoms with Crippen molar-refractivity contribution < 1.29 is 24.2 Å². The fraction of sp³-hybridized carbons (Fsp3) is 0.464. The average Bonchev–Trinajstić information content (AvgIpc) is 3.12. The molecule has 1 atom stereocenters. The molecule has 0 unspecified atom stereocenters. The first-order valence-corrected chi connectivity index (χ1v) is 12.5. The van der Waals surface area contributed by atoms with E-state index in [1.165, 1.54) is 22.3 Å². The second kappa shape index (κ2) is 11.4. The van der Waals surface area contributed by atoms with Crippen molar-refractivity contribution in [3.05, 3.63) is 59.7 Å². The molecule has 2 aliphatic carbocycles. The number of hydrogen-bond acceptors (Lipinski definition) is 4. The molecule has 2 amide bonds. The molecular formula is C28H34N2O5. The highest BCUT2D eigenvalue weighted by atomic mass is 16.5. The van der Waals surface area contributed by atoms with E-state index in [9.17, 15) is 14.4 Å². The maximum atomic E-state index is 12.4. The number of amides is 2. The highest BCUT2D eigenvalue weighted by Gasteiger charge is 2.32. The van der Waals surface area contributed by atoms with Gasteiger partial charge in [0.15, 0.2) is 0 Å². The summed E-state index contributed by atoms with van der Waals surface area (Å²) in [5, 5.41) is 14.7. The van der Waals surface area contributed by atoms with Gasteiger partial charge in [0.25, 0.3) is 0 Å². The zero-order chi connectivity index (χ0) is 24.8. The Morgan fingerprint density at radius 3 is 2.23 bits per heavy atom. The molecule has 0 spiro atoms. The molecule has 0 radical (unpaired) electrons. The van der Waals surface area contributed by atoms with Crippen LogP contribution < -0.4 is 10.6 Å². The van der Waals surface area contributed by atoms with E-state index >= 15 is 0 Å². The molecule has 0 aromatic heterocycles. The Morgan fingerprint density at radius 1 is 1.00 bits per heavy atom. The Morgan fingerprint density at radius 2 is 1.63 bits per heavy atom. The molecule has 3 N–H and O–H groups in total. The van der Waals surface area contributed by atoms with Crippen LogP contribution in [0.2, 0.25) is 0 Å². The summed E-state index contributed by atoms with van der Waals surface area (Å²) >= 11 is 0. The lowest BCUT2D eigenvalue weighted by Gasteiger charge is -2.35. The van der Waals surface area contributed by atoms with Gasteiger partial charge in [-0.15, -0.1) is 0 Å². The maximum Gasteiger partial charge on any atom is 0.407 e. The van der Waals surface area contributed by atoms with Gasteiger partial charge in [-0.1, -0.05) is 61.9 Å². The molecule has 0 saturated heterocycles. The SMILES string of the molecule is CCC[C@H](CC(=O)O)NC(=O)CC1CC(CNC(=O)OCC2c3ccccc3-c3ccccc32)C1. The van der Waals surface area contributed by atoms with Crippen molar-refractivity contribution in [1.29, 1.82) is 0 Å². The van der Waals surface area contributed by atoms with Gasteiger partial charge < -0.3 is 20.5 Å². The molecule has 2 aromatic carbocycles. The molecule has 1 fully saturated rings. The van der Waals surface area contributed by atoms with Gasteiger partial charge in [-0.2, -0.15) is 0 Å². The summed E-state index contributed by atoms with van der Waals surface area (Å²) in [5.74, 6) is -0.336. The predicted octanol–water partition coefficient (Wildman–Crippen LogP) is 4.70. The number of aliphatic carboxylic acids is 1. The van der Waals surface area contributed by atoms with E-state index in [2.05, 4.69) is 34.9 Å². The minimum Gasteiger partial charge on any atom is -0.481 e. The minimum atomic E-state index is -0.897. The number of nitrogens with one attached hydrogen (secondary N) is 2. The number of ether oxygens (including phenoxy) is 1. The fourth-order valence-corrected chi connectivity index (χ4v) is 5.42. The van der Waals surface area contributed by atoms with Crippen molar-refractivity contribution in [2.45, 2.75) is 57.4 Å². The number of carboxylic acids is 1. The van der Waals surface area contributed by atoms with Crippen molar-refractivity contribution in [1.82, 2.24) is 10.6 Å². The van der Waals surface area contributed by atoms with E-state index in [4.69, 9.17) is 9.84 Å². The second-order valence-electron chi connectivity index (χ2n) is 9.77. The van der Waals surface area contributed by atoms with Gasteiger partial charge in [-0.3, -0.25) is 9.59 Å². The fourth-order valence-electron chi connectivity index (χ4n) is 5.42. The molecule has 4 rings (SSSR count). The Labute approximate surface area is 206 Å². The van der Waals surface area contributed by atoms with Gasteiger partial charge in [0.05, 0.1) is 6.42 Å². The second-order valence-corrected chi connectivity index (χ2v) is 9.77. The number of alkyl carbamates (subject to hydrolysis) is 1. The first-order chi connectivity index (χ1) is 16.9. The maximum absolute atomic E-state index is 12.4. The number of carbonyl (C=O) groups excluding carboxylic acids is 2. The quantitative estimate of drug-likeness (QED) is 0.434. The van der Waals surface area contributed by atoms with Crippen LogP contribution in [0.15, 0.2) is 48.5 Å². The normalized spacial score (nSPS) is 19.1. The van der Waals surface area contributed by atoms with Crippen molar-refractivity contribution in [2.75, 3.05) is 13.2 Å². The van der Waals surface area contributed by atoms with E-state index in [0.29, 0.717) is 31.9 Å². The van der Waals surface area contributed by atoms with Crippen LogP contribution in [-0.4, -0.2) is 42.3 Å². The molecule has 0 bridgehead atoms. The first kappa shape index (κ1) is 24.8. The third-order valence-electron chi connectivity index (χ3n) is 7.11. The van der Waals surface area contributed by atoms with Crippen LogP contribution in [0.5, 0.6) is 0 Å². The lowest BCUT2D eigenvalue weighted by Crippen LogP contribution is -2.41. The van der Waals surface area contributed by atoms with Crippen LogP contribution >= 0.6 is 0 Å². The van der Waals surface area contributed by atoms with Crippen LogP contribution in [-0.2, 0) is 14.3 Å². The van der Waals surface area contributed by atoms with Crippen LogP contribution in [0.25, 0.3) is 11.1 Å². The summed E-state index contributed by atoms with van der Waals surface area (Å²) in [7, 11) is 0. The van der Waals surface area contributed by atoms with Crippen molar-refractivity contribution >= 4 is 18.0 Å². The van der Waals surface area contributed by atoms with E-state index in [-0.39, 0.29) is 30.2 Å². The lowest BCUT2D eigenvalue weighted by atomic mass is 9.73. The van der Waals surface area contributed by atoms with Gasteiger partial charge >= 0.3 is 12.1 Å². The standard InChI is InChI=1S/C28H34N2O5/c1-2-7-20(15-27(32)33)30-26(31)14-18-12-19(13-18)16-29-28(34)35-17-25-23-10-5-3-8-21(23)22-9-4-6-11-24(22)25/h3-6,8-11,18-20,25H,2,7,12-17H2,1H3,(H,29,34)(H,30,31)(H,32,33)/t18?,19?,20-/m1/s1. The molecule has 2 aliphatic rings. The molecule has 7 nitrogen and oxygen atoms in total. The summed E-state index contributed by atoms with van der Waals surface area (Å²) in [6.45, 7) is 2.80. The van der Waals surface area contributed by atoms with E-state index in [1.807, 2.05) is 31.2 Å². The Kier molecular flexibility index (Phi) is 8.06. The molecule has 0 heterocycles. The zero-order valence-corrected chi connectivity index (χ0v) is 20.2. The van der Waals surface area contributed by atoms with Crippen LogP contribution in [0.4, 0.5) is 4.79 Å². The number of fused-ring (bicyclic) bond motifs is 3. The van der Waals surface area contributed by atoms with E-state index in [0.717, 1.165) is 19.3 Å². The Bertz CT molecular complexity index is 1020. The molecule has 35 heavy (non-hydrogen) atoms. The van der Waals surface area contributed by atoms with Crippen molar-refractivity contribution in [2.24, 2.45) is 11.8 Å². The van der Waals surface area contributed by atoms with Crippen molar-refractivity contribution in [3.8, 4) is 11.1 Å². The predicted molar refractivity (Wildman–Crippen MR) is 133 cm³/mol. The van der Waals surface area contributed by atoms with Gasteiger partial charge in [0.1, 0.15) is 6.61 Å². The van der Waals surface area contributed by atoms with E-state index < -0.39 is 12.1 Å². The van der Waals surface area contributed by atoms with Gasteiger partial charge in [0, 0.05) is 24.9 Å². The average molecular weight is 479 g/mol. The number of rotatable bonds is 11. The Hall–Kier alpha value is -3.35. The number of benzene rings is 2. The molecule has 2 aromatic rings. The number of carbonyl (C=O) groups is 3. The van der Waals surface area contributed by atoms with Crippen LogP contribution in [0.3, 0.4) is 0 Å². The lowest BCUT2D eigenvalue weighted by molar-refractivity contribution is -0.137. The summed E-state index contributed by atoms with van der Waals surface area (Å²) < 4.78 is 5.59. The van der Waals surface area contributed by atoms with Crippen LogP contribution in [0, 0.1) is 11.8 Å². The minimum absolute atomic E-state index is 0.0393. The summed E-state index contributed by atoms with van der Waals surface area (Å²) in [4.78, 5) is 35.6. The van der Waals surface area contributed by atoms with Crippen LogP contribution in [0.1, 0.15) is 62.5 Å². The first-order valence-electron chi connectivity index (χ1n) is 12.5. The van der Waals surface area contributed by atoms with Crippen molar-refractivity contribution in [3.63, 3.8) is 0 Å². The van der Waals surface area contributed by atoms with E-state index in [1.54, 1.807) is 0 Å². The molecule has 1 saturated carbocycles. The van der Waals surface area contributed by atoms with Gasteiger partial charge in [0.2, 0.25) is 5.91 Å².